The van der Waals surface area contributed by atoms with Crippen LogP contribution in [0.1, 0.15) is 20.3 Å². The molecular weight excluding hydrogens is 241 g/mol. The van der Waals surface area contributed by atoms with E-state index in [0.717, 1.165) is 12.2 Å². The fraction of sp³-hybridized carbons (Fsp3) is 0.625. The van der Waals surface area contributed by atoms with Crippen LogP contribution < -0.4 is 0 Å². The molecule has 3 nitrogen and oxygen atoms in total. The summed E-state index contributed by atoms with van der Waals surface area (Å²) in [5.74, 6) is 1.60. The predicted molar refractivity (Wildman–Crippen MR) is 60.0 cm³/mol. The molecule has 1 rings (SSSR count). The highest BCUT2D eigenvalue weighted by Crippen LogP contribution is 2.20. The summed E-state index contributed by atoms with van der Waals surface area (Å²) in [4.78, 5) is 11.6. The first-order chi connectivity index (χ1) is 6.61. The highest BCUT2D eigenvalue weighted by molar-refractivity contribution is 7.99. The molecule has 0 amide bonds. The second kappa shape index (κ2) is 5.73. The van der Waals surface area contributed by atoms with Gasteiger partial charge in [0.2, 0.25) is 10.6 Å². The maximum atomic E-state index is 5.64. The molecule has 1 heterocycles. The molecule has 0 bridgehead atoms. The quantitative estimate of drug-likeness (QED) is 0.770. The van der Waals surface area contributed by atoms with Gasteiger partial charge in [0.25, 0.3) is 0 Å². The van der Waals surface area contributed by atoms with Crippen molar-refractivity contribution in [1.82, 2.24) is 15.0 Å². The first-order valence-electron chi connectivity index (χ1n) is 4.31. The zero-order chi connectivity index (χ0) is 10.6. The van der Waals surface area contributed by atoms with Crippen LogP contribution in [-0.4, -0.2) is 20.7 Å². The van der Waals surface area contributed by atoms with E-state index >= 15 is 0 Å². The van der Waals surface area contributed by atoms with Crippen LogP contribution in [0.4, 0.5) is 0 Å². The Morgan fingerprint density at radius 1 is 1.21 bits per heavy atom. The third-order valence-corrected chi connectivity index (χ3v) is 3.27. The van der Waals surface area contributed by atoms with E-state index in [1.54, 1.807) is 11.8 Å². The lowest BCUT2D eigenvalue weighted by Gasteiger charge is -2.06. The van der Waals surface area contributed by atoms with Gasteiger partial charge in [-0.25, -0.2) is 0 Å². The highest BCUT2D eigenvalue weighted by Gasteiger charge is 2.06. The summed E-state index contributed by atoms with van der Waals surface area (Å²) in [6.45, 7) is 4.33. The highest BCUT2D eigenvalue weighted by atomic mass is 35.5. The van der Waals surface area contributed by atoms with Gasteiger partial charge in [-0.3, -0.25) is 0 Å². The summed E-state index contributed by atoms with van der Waals surface area (Å²) >= 11 is 12.8. The third-order valence-electron chi connectivity index (χ3n) is 1.75. The van der Waals surface area contributed by atoms with Crippen LogP contribution in [-0.2, 0) is 0 Å². The SMILES string of the molecule is CCC(C)CSc1nc(Cl)nc(Cl)n1. The molecule has 1 aromatic rings. The van der Waals surface area contributed by atoms with Crippen LogP contribution >= 0.6 is 35.0 Å². The van der Waals surface area contributed by atoms with E-state index in [9.17, 15) is 0 Å². The number of halogens is 2. The second-order valence-electron chi connectivity index (χ2n) is 2.98. The van der Waals surface area contributed by atoms with Gasteiger partial charge in [0.05, 0.1) is 0 Å². The van der Waals surface area contributed by atoms with Crippen LogP contribution in [0, 0.1) is 5.92 Å². The van der Waals surface area contributed by atoms with E-state index in [1.165, 1.54) is 0 Å². The maximum absolute atomic E-state index is 5.64. The third kappa shape index (κ3) is 3.98. The van der Waals surface area contributed by atoms with Crippen molar-refractivity contribution in [2.24, 2.45) is 5.92 Å². The number of nitrogens with zero attached hydrogens (tertiary/aromatic N) is 3. The minimum atomic E-state index is 0.150. The van der Waals surface area contributed by atoms with Gasteiger partial charge in [-0.1, -0.05) is 32.0 Å². The largest absolute Gasteiger partial charge is 0.227 e. The molecule has 14 heavy (non-hydrogen) atoms. The van der Waals surface area contributed by atoms with E-state index in [0.29, 0.717) is 11.1 Å². The summed E-state index contributed by atoms with van der Waals surface area (Å²) in [6, 6.07) is 0. The Bertz CT molecular complexity index is 288. The zero-order valence-corrected chi connectivity index (χ0v) is 10.3. The van der Waals surface area contributed by atoms with Gasteiger partial charge in [0.15, 0.2) is 5.16 Å². The molecule has 6 heteroatoms. The van der Waals surface area contributed by atoms with Crippen LogP contribution in [0.15, 0.2) is 5.16 Å². The molecule has 0 aliphatic heterocycles. The van der Waals surface area contributed by atoms with Gasteiger partial charge < -0.3 is 0 Å². The number of rotatable bonds is 4. The van der Waals surface area contributed by atoms with Gasteiger partial charge in [0, 0.05) is 5.75 Å². The van der Waals surface area contributed by atoms with E-state index in [1.807, 2.05) is 0 Å². The molecule has 1 unspecified atom stereocenters. The number of hydrogen-bond acceptors (Lipinski definition) is 4. The summed E-state index contributed by atoms with van der Waals surface area (Å²) in [5.41, 5.74) is 0. The summed E-state index contributed by atoms with van der Waals surface area (Å²) in [7, 11) is 0. The van der Waals surface area contributed by atoms with Crippen molar-refractivity contribution in [3.8, 4) is 0 Å². The van der Waals surface area contributed by atoms with Crippen molar-refractivity contribution in [1.29, 1.82) is 0 Å². The standard InChI is InChI=1S/C8H11Cl2N3S/c1-3-5(2)4-14-8-12-6(9)11-7(10)13-8/h5H,3-4H2,1-2H3. The molecule has 1 atom stereocenters. The Morgan fingerprint density at radius 3 is 2.29 bits per heavy atom. The van der Waals surface area contributed by atoms with Crippen molar-refractivity contribution >= 4 is 35.0 Å². The lowest BCUT2D eigenvalue weighted by molar-refractivity contribution is 0.635. The average Bonchev–Trinajstić information content (AvgIpc) is 2.12. The number of thioether (sulfide) groups is 1. The predicted octanol–water partition coefficient (Wildman–Crippen LogP) is 3.32. The van der Waals surface area contributed by atoms with Crippen LogP contribution in [0.5, 0.6) is 0 Å². The molecule has 0 saturated heterocycles. The molecular formula is C8H11Cl2N3S. The van der Waals surface area contributed by atoms with Crippen molar-refractivity contribution in [2.75, 3.05) is 5.75 Å². The zero-order valence-electron chi connectivity index (χ0n) is 8.00. The first-order valence-corrected chi connectivity index (χ1v) is 6.05. The molecule has 0 saturated carbocycles. The summed E-state index contributed by atoms with van der Waals surface area (Å²) < 4.78 is 0. The van der Waals surface area contributed by atoms with Gasteiger partial charge in [-0.05, 0) is 29.1 Å². The molecule has 0 spiro atoms. The molecule has 78 valence electrons. The van der Waals surface area contributed by atoms with Crippen LogP contribution in [0.3, 0.4) is 0 Å². The molecule has 0 N–H and O–H groups in total. The molecule has 0 aliphatic carbocycles. The molecule has 0 aromatic carbocycles. The fourth-order valence-corrected chi connectivity index (χ4v) is 2.14. The second-order valence-corrected chi connectivity index (χ2v) is 4.64. The van der Waals surface area contributed by atoms with Gasteiger partial charge in [-0.15, -0.1) is 0 Å². The minimum Gasteiger partial charge on any atom is -0.192 e. The van der Waals surface area contributed by atoms with Crippen LogP contribution in [0.25, 0.3) is 0 Å². The fourth-order valence-electron chi connectivity index (χ4n) is 0.708. The van der Waals surface area contributed by atoms with Crippen molar-refractivity contribution < 1.29 is 0 Å². The Hall–Kier alpha value is -0.0600. The molecule has 0 aliphatic rings. The minimum absolute atomic E-state index is 0.150. The lowest BCUT2D eigenvalue weighted by Crippen LogP contribution is -1.98. The van der Waals surface area contributed by atoms with E-state index in [2.05, 4.69) is 28.8 Å². The van der Waals surface area contributed by atoms with E-state index < -0.39 is 0 Å². The Morgan fingerprint density at radius 2 is 1.79 bits per heavy atom. The van der Waals surface area contributed by atoms with Crippen molar-refractivity contribution in [3.63, 3.8) is 0 Å². The molecule has 1 aromatic heterocycles. The van der Waals surface area contributed by atoms with Gasteiger partial charge in [-0.2, -0.15) is 15.0 Å². The lowest BCUT2D eigenvalue weighted by atomic mass is 10.2. The van der Waals surface area contributed by atoms with Crippen molar-refractivity contribution in [3.05, 3.63) is 10.6 Å². The number of hydrogen-bond donors (Lipinski definition) is 0. The summed E-state index contributed by atoms with van der Waals surface area (Å²) in [5, 5.41) is 0.892. The maximum Gasteiger partial charge on any atom is 0.227 e. The van der Waals surface area contributed by atoms with Crippen molar-refractivity contribution in [2.45, 2.75) is 25.4 Å². The Labute approximate surface area is 97.6 Å². The molecule has 0 radical (unpaired) electrons. The van der Waals surface area contributed by atoms with E-state index in [-0.39, 0.29) is 10.6 Å². The first kappa shape index (κ1) is 12.0. The smallest absolute Gasteiger partial charge is 0.192 e. The normalized spacial score (nSPS) is 12.9. The monoisotopic (exact) mass is 251 g/mol. The van der Waals surface area contributed by atoms with Gasteiger partial charge in [0.1, 0.15) is 0 Å². The average molecular weight is 252 g/mol. The van der Waals surface area contributed by atoms with E-state index in [4.69, 9.17) is 23.2 Å². The Balaban J connectivity index is 2.58. The van der Waals surface area contributed by atoms with Gasteiger partial charge >= 0.3 is 0 Å². The van der Waals surface area contributed by atoms with Crippen LogP contribution in [0.2, 0.25) is 10.6 Å². The Kier molecular flexibility index (Phi) is 4.92. The summed E-state index contributed by atoms with van der Waals surface area (Å²) in [6.07, 6.45) is 1.14. The number of aromatic nitrogens is 3. The topological polar surface area (TPSA) is 38.7 Å². The molecule has 0 fully saturated rings.